The summed E-state index contributed by atoms with van der Waals surface area (Å²) >= 11 is 5.84. The molecule has 1 aromatic carbocycles. The Bertz CT molecular complexity index is 856. The molecule has 0 spiro atoms. The van der Waals surface area contributed by atoms with E-state index < -0.39 is 4.92 Å². The number of rotatable bonds is 3. The minimum Gasteiger partial charge on any atom is -0.296 e. The Hall–Kier alpha value is -2.73. The third kappa shape index (κ3) is 2.25. The quantitative estimate of drug-likeness (QED) is 0.422. The third-order valence-corrected chi connectivity index (χ3v) is 3.33. The molecule has 0 saturated carbocycles. The fraction of sp³-hybridized carbons (Fsp3) is 0. The predicted octanol–water partition coefficient (Wildman–Crippen LogP) is 3.38. The molecule has 0 saturated heterocycles. The molecule has 6 nitrogen and oxygen atoms in total. The van der Waals surface area contributed by atoms with E-state index in [0.717, 1.165) is 0 Å². The highest BCUT2D eigenvalue weighted by Gasteiger charge is 2.16. The number of aromatic nitrogens is 2. The molecule has 3 rings (SSSR count). The second-order valence-corrected chi connectivity index (χ2v) is 4.78. The normalized spacial score (nSPS) is 10.7. The van der Waals surface area contributed by atoms with E-state index in [-0.39, 0.29) is 11.4 Å². The van der Waals surface area contributed by atoms with E-state index in [0.29, 0.717) is 28.2 Å². The van der Waals surface area contributed by atoms with Crippen LogP contribution in [0.15, 0.2) is 42.6 Å². The summed E-state index contributed by atoms with van der Waals surface area (Å²) in [6.07, 6.45) is 1.92. The molecular formula is C14H8ClN3O3. The smallest absolute Gasteiger partial charge is 0.286 e. The summed E-state index contributed by atoms with van der Waals surface area (Å²) in [6, 6.07) is 9.72. The van der Waals surface area contributed by atoms with E-state index >= 15 is 0 Å². The van der Waals surface area contributed by atoms with Crippen molar-refractivity contribution in [1.82, 2.24) is 9.38 Å². The summed E-state index contributed by atoms with van der Waals surface area (Å²) in [5.41, 5.74) is 1.80. The van der Waals surface area contributed by atoms with Gasteiger partial charge in [0.2, 0.25) is 0 Å². The SMILES string of the molecule is O=Cc1c(-c2ccc(Cl)cc2)nc2ccc([N+](=O)[O-])cn12. The van der Waals surface area contributed by atoms with Crippen LogP contribution < -0.4 is 0 Å². The molecule has 104 valence electrons. The van der Waals surface area contributed by atoms with Gasteiger partial charge in [-0.15, -0.1) is 0 Å². The number of halogens is 1. The zero-order chi connectivity index (χ0) is 15.0. The summed E-state index contributed by atoms with van der Waals surface area (Å²) < 4.78 is 1.41. The molecule has 7 heteroatoms. The van der Waals surface area contributed by atoms with Crippen LogP contribution in [-0.4, -0.2) is 20.6 Å². The lowest BCUT2D eigenvalue weighted by atomic mass is 10.1. The fourth-order valence-corrected chi connectivity index (χ4v) is 2.22. The lowest BCUT2D eigenvalue weighted by Crippen LogP contribution is -1.95. The van der Waals surface area contributed by atoms with Crippen molar-refractivity contribution in [3.8, 4) is 11.3 Å². The standard InChI is InChI=1S/C14H8ClN3O3/c15-10-3-1-9(2-4-10)14-12(8-19)17-7-11(18(20)21)5-6-13(17)16-14/h1-8H. The number of fused-ring (bicyclic) bond motifs is 1. The Morgan fingerprint density at radius 3 is 2.52 bits per heavy atom. The van der Waals surface area contributed by atoms with Crippen molar-refractivity contribution >= 4 is 29.2 Å². The van der Waals surface area contributed by atoms with Gasteiger partial charge >= 0.3 is 0 Å². The average Bonchev–Trinajstić information content (AvgIpc) is 2.85. The first-order chi connectivity index (χ1) is 10.1. The molecule has 3 aromatic rings. The molecule has 0 fully saturated rings. The average molecular weight is 302 g/mol. The third-order valence-electron chi connectivity index (χ3n) is 3.08. The van der Waals surface area contributed by atoms with E-state index in [1.807, 2.05) is 0 Å². The first-order valence-electron chi connectivity index (χ1n) is 5.98. The highest BCUT2D eigenvalue weighted by Crippen LogP contribution is 2.26. The molecule has 0 bridgehead atoms. The molecule has 21 heavy (non-hydrogen) atoms. The zero-order valence-corrected chi connectivity index (χ0v) is 11.3. The van der Waals surface area contributed by atoms with E-state index in [1.54, 1.807) is 24.3 Å². The summed E-state index contributed by atoms with van der Waals surface area (Å²) in [6.45, 7) is 0. The zero-order valence-electron chi connectivity index (χ0n) is 10.6. The van der Waals surface area contributed by atoms with Gasteiger partial charge in [-0.3, -0.25) is 19.3 Å². The van der Waals surface area contributed by atoms with Crippen LogP contribution in [0.2, 0.25) is 5.02 Å². The predicted molar refractivity (Wildman–Crippen MR) is 77.7 cm³/mol. The van der Waals surface area contributed by atoms with Crippen molar-refractivity contribution in [2.45, 2.75) is 0 Å². The number of carbonyl (C=O) groups is 1. The summed E-state index contributed by atoms with van der Waals surface area (Å²) in [5, 5.41) is 11.4. The van der Waals surface area contributed by atoms with E-state index in [4.69, 9.17) is 11.6 Å². The van der Waals surface area contributed by atoms with Crippen molar-refractivity contribution in [2.75, 3.05) is 0 Å². The fourth-order valence-electron chi connectivity index (χ4n) is 2.09. The van der Waals surface area contributed by atoms with Crippen LogP contribution in [0.25, 0.3) is 16.9 Å². The molecule has 0 aliphatic carbocycles. The molecule has 0 amide bonds. The molecule has 0 unspecified atom stereocenters. The van der Waals surface area contributed by atoms with Crippen LogP contribution in [0, 0.1) is 10.1 Å². The second-order valence-electron chi connectivity index (χ2n) is 4.34. The molecule has 0 radical (unpaired) electrons. The molecule has 0 aliphatic rings. The highest BCUT2D eigenvalue weighted by atomic mass is 35.5. The first kappa shape index (κ1) is 13.3. The topological polar surface area (TPSA) is 77.5 Å². The maximum Gasteiger partial charge on any atom is 0.286 e. The lowest BCUT2D eigenvalue weighted by Gasteiger charge is -1.99. The van der Waals surface area contributed by atoms with Crippen LogP contribution in [-0.2, 0) is 0 Å². The summed E-state index contributed by atoms with van der Waals surface area (Å²) in [7, 11) is 0. The number of benzene rings is 1. The Morgan fingerprint density at radius 2 is 1.90 bits per heavy atom. The van der Waals surface area contributed by atoms with Crippen LogP contribution in [0.3, 0.4) is 0 Å². The van der Waals surface area contributed by atoms with E-state index in [2.05, 4.69) is 4.98 Å². The lowest BCUT2D eigenvalue weighted by molar-refractivity contribution is -0.385. The Balaban J connectivity index is 2.26. The number of hydrogen-bond donors (Lipinski definition) is 0. The van der Waals surface area contributed by atoms with Gasteiger partial charge in [0.15, 0.2) is 6.29 Å². The highest BCUT2D eigenvalue weighted by molar-refractivity contribution is 6.30. The Labute approximate surface area is 123 Å². The number of nitrogens with zero attached hydrogens (tertiary/aromatic N) is 3. The molecule has 2 heterocycles. The summed E-state index contributed by atoms with van der Waals surface area (Å²) in [5.74, 6) is 0. The second kappa shape index (κ2) is 4.99. The van der Waals surface area contributed by atoms with Gasteiger partial charge in [-0.1, -0.05) is 23.7 Å². The van der Waals surface area contributed by atoms with Crippen molar-refractivity contribution in [3.63, 3.8) is 0 Å². The number of pyridine rings is 1. The van der Waals surface area contributed by atoms with Crippen molar-refractivity contribution < 1.29 is 9.72 Å². The first-order valence-corrected chi connectivity index (χ1v) is 6.35. The summed E-state index contributed by atoms with van der Waals surface area (Å²) in [4.78, 5) is 26.0. The van der Waals surface area contributed by atoms with Gasteiger partial charge < -0.3 is 0 Å². The molecule has 0 atom stereocenters. The van der Waals surface area contributed by atoms with Crippen LogP contribution >= 0.6 is 11.6 Å². The van der Waals surface area contributed by atoms with Gasteiger partial charge in [-0.2, -0.15) is 0 Å². The Morgan fingerprint density at radius 1 is 1.19 bits per heavy atom. The number of imidazole rings is 1. The Kier molecular flexibility index (Phi) is 3.15. The van der Waals surface area contributed by atoms with Crippen LogP contribution in [0.4, 0.5) is 5.69 Å². The molecule has 0 N–H and O–H groups in total. The monoisotopic (exact) mass is 301 g/mol. The van der Waals surface area contributed by atoms with Gasteiger partial charge in [0.25, 0.3) is 5.69 Å². The number of aldehydes is 1. The van der Waals surface area contributed by atoms with Gasteiger partial charge in [0, 0.05) is 16.7 Å². The number of hydrogen-bond acceptors (Lipinski definition) is 4. The van der Waals surface area contributed by atoms with Gasteiger partial charge in [0.05, 0.1) is 11.1 Å². The number of carbonyl (C=O) groups excluding carboxylic acids is 1. The maximum absolute atomic E-state index is 11.4. The minimum absolute atomic E-state index is 0.106. The maximum atomic E-state index is 11.4. The van der Waals surface area contributed by atoms with Gasteiger partial charge in [-0.25, -0.2) is 4.98 Å². The van der Waals surface area contributed by atoms with Crippen LogP contribution in [0.5, 0.6) is 0 Å². The van der Waals surface area contributed by atoms with E-state index in [9.17, 15) is 14.9 Å². The largest absolute Gasteiger partial charge is 0.296 e. The van der Waals surface area contributed by atoms with Crippen molar-refractivity contribution in [2.24, 2.45) is 0 Å². The van der Waals surface area contributed by atoms with Gasteiger partial charge in [0.1, 0.15) is 17.0 Å². The van der Waals surface area contributed by atoms with E-state index in [1.165, 1.54) is 22.7 Å². The van der Waals surface area contributed by atoms with Crippen molar-refractivity contribution in [1.29, 1.82) is 0 Å². The minimum atomic E-state index is -0.518. The van der Waals surface area contributed by atoms with Crippen LogP contribution in [0.1, 0.15) is 10.5 Å². The van der Waals surface area contributed by atoms with Crippen molar-refractivity contribution in [3.05, 3.63) is 63.4 Å². The molecular weight excluding hydrogens is 294 g/mol. The number of nitro groups is 1. The van der Waals surface area contributed by atoms with Gasteiger partial charge in [-0.05, 0) is 18.2 Å². The molecule has 2 aromatic heterocycles. The molecule has 0 aliphatic heterocycles.